The lowest BCUT2D eigenvalue weighted by molar-refractivity contribution is -0.123. The second-order valence-corrected chi connectivity index (χ2v) is 7.03. The Morgan fingerprint density at radius 2 is 2.19 bits per heavy atom. The number of benzene rings is 1. The largest absolute Gasteiger partial charge is 0.484 e. The normalized spacial score (nSPS) is 12.1. The molecule has 1 amide bonds. The number of thiazole rings is 1. The molecular formula is C19H20N2O4S. The molecule has 6 nitrogen and oxygen atoms in total. The van der Waals surface area contributed by atoms with Crippen LogP contribution in [0.25, 0.3) is 11.0 Å². The zero-order chi connectivity index (χ0) is 18.7. The van der Waals surface area contributed by atoms with Crippen LogP contribution in [0.5, 0.6) is 5.75 Å². The number of hydrogen-bond acceptors (Lipinski definition) is 6. The molecule has 0 saturated heterocycles. The molecule has 3 aromatic rings. The van der Waals surface area contributed by atoms with Crippen molar-refractivity contribution in [3.63, 3.8) is 0 Å². The van der Waals surface area contributed by atoms with Crippen molar-refractivity contribution in [3.05, 3.63) is 56.3 Å². The molecule has 1 atom stereocenters. The molecule has 26 heavy (non-hydrogen) atoms. The van der Waals surface area contributed by atoms with Crippen LogP contribution in [0.2, 0.25) is 0 Å². The first kappa shape index (κ1) is 18.1. The summed E-state index contributed by atoms with van der Waals surface area (Å²) in [5.74, 6) is 0.232. The van der Waals surface area contributed by atoms with Crippen molar-refractivity contribution in [2.75, 3.05) is 6.61 Å². The van der Waals surface area contributed by atoms with Crippen molar-refractivity contribution in [2.45, 2.75) is 33.2 Å². The summed E-state index contributed by atoms with van der Waals surface area (Å²) in [6.07, 6.45) is 0.735. The lowest BCUT2D eigenvalue weighted by atomic mass is 10.1. The molecule has 0 fully saturated rings. The Morgan fingerprint density at radius 3 is 2.88 bits per heavy atom. The SMILES string of the molecule is CCc1cc(=O)oc2cc(OCC(=O)NC(C)c3ncsc3C)ccc12. The molecule has 2 aromatic heterocycles. The van der Waals surface area contributed by atoms with E-state index in [4.69, 9.17) is 9.15 Å². The van der Waals surface area contributed by atoms with Crippen LogP contribution in [0, 0.1) is 6.92 Å². The highest BCUT2D eigenvalue weighted by Gasteiger charge is 2.14. The average Bonchev–Trinajstić information content (AvgIpc) is 3.05. The monoisotopic (exact) mass is 372 g/mol. The first-order valence-electron chi connectivity index (χ1n) is 8.37. The van der Waals surface area contributed by atoms with Gasteiger partial charge in [-0.25, -0.2) is 9.78 Å². The number of rotatable bonds is 6. The van der Waals surface area contributed by atoms with Crippen molar-refractivity contribution in [3.8, 4) is 5.75 Å². The number of fused-ring (bicyclic) bond motifs is 1. The Bertz CT molecular complexity index is 993. The van der Waals surface area contributed by atoms with Gasteiger partial charge in [0.15, 0.2) is 6.61 Å². The van der Waals surface area contributed by atoms with E-state index in [1.165, 1.54) is 6.07 Å². The molecule has 0 aliphatic heterocycles. The van der Waals surface area contributed by atoms with Crippen LogP contribution in [0.4, 0.5) is 0 Å². The highest BCUT2D eigenvalue weighted by Crippen LogP contribution is 2.23. The van der Waals surface area contributed by atoms with Crippen LogP contribution < -0.4 is 15.7 Å². The first-order chi connectivity index (χ1) is 12.5. The highest BCUT2D eigenvalue weighted by atomic mass is 32.1. The van der Waals surface area contributed by atoms with Crippen LogP contribution in [-0.2, 0) is 11.2 Å². The van der Waals surface area contributed by atoms with Gasteiger partial charge in [-0.05, 0) is 38.0 Å². The predicted octanol–water partition coefficient (Wildman–Crippen LogP) is 3.38. The maximum atomic E-state index is 12.1. The van der Waals surface area contributed by atoms with Gasteiger partial charge in [-0.3, -0.25) is 4.79 Å². The fourth-order valence-electron chi connectivity index (χ4n) is 2.82. The molecule has 0 saturated carbocycles. The van der Waals surface area contributed by atoms with Crippen molar-refractivity contribution in [1.29, 1.82) is 0 Å². The van der Waals surface area contributed by atoms with E-state index in [0.29, 0.717) is 11.3 Å². The molecule has 1 unspecified atom stereocenters. The van der Waals surface area contributed by atoms with Gasteiger partial charge in [0.2, 0.25) is 0 Å². The van der Waals surface area contributed by atoms with E-state index in [1.54, 1.807) is 29.0 Å². The fourth-order valence-corrected chi connectivity index (χ4v) is 3.50. The molecule has 2 heterocycles. The zero-order valence-corrected chi connectivity index (χ0v) is 15.7. The highest BCUT2D eigenvalue weighted by molar-refractivity contribution is 7.09. The van der Waals surface area contributed by atoms with E-state index < -0.39 is 5.63 Å². The third kappa shape index (κ3) is 3.94. The van der Waals surface area contributed by atoms with Gasteiger partial charge in [0.25, 0.3) is 5.91 Å². The molecule has 0 aliphatic carbocycles. The smallest absolute Gasteiger partial charge is 0.336 e. The zero-order valence-electron chi connectivity index (χ0n) is 14.9. The second-order valence-electron chi connectivity index (χ2n) is 5.97. The van der Waals surface area contributed by atoms with Gasteiger partial charge in [0, 0.05) is 22.4 Å². The Morgan fingerprint density at radius 1 is 1.38 bits per heavy atom. The average molecular weight is 372 g/mol. The Balaban J connectivity index is 1.66. The van der Waals surface area contributed by atoms with Crippen LogP contribution in [0.1, 0.15) is 36.0 Å². The Labute approximate surface area is 154 Å². The number of ether oxygens (including phenoxy) is 1. The summed E-state index contributed by atoms with van der Waals surface area (Å²) in [5.41, 5.74) is 3.61. The van der Waals surface area contributed by atoms with Gasteiger partial charge < -0.3 is 14.5 Å². The second kappa shape index (κ2) is 7.70. The maximum Gasteiger partial charge on any atom is 0.336 e. The first-order valence-corrected chi connectivity index (χ1v) is 9.24. The number of amides is 1. The van der Waals surface area contributed by atoms with Crippen LogP contribution in [-0.4, -0.2) is 17.5 Å². The summed E-state index contributed by atoms with van der Waals surface area (Å²) < 4.78 is 10.8. The molecule has 0 radical (unpaired) electrons. The summed E-state index contributed by atoms with van der Waals surface area (Å²) >= 11 is 1.55. The topological polar surface area (TPSA) is 81.4 Å². The molecular weight excluding hydrogens is 352 g/mol. The molecule has 1 aromatic carbocycles. The Hall–Kier alpha value is -2.67. The van der Waals surface area contributed by atoms with E-state index in [2.05, 4.69) is 10.3 Å². The minimum Gasteiger partial charge on any atom is -0.484 e. The van der Waals surface area contributed by atoms with Gasteiger partial charge in [-0.2, -0.15) is 0 Å². The minimum absolute atomic E-state index is 0.128. The van der Waals surface area contributed by atoms with E-state index in [1.807, 2.05) is 26.8 Å². The van der Waals surface area contributed by atoms with Crippen LogP contribution >= 0.6 is 11.3 Å². The van der Waals surface area contributed by atoms with Gasteiger partial charge in [-0.1, -0.05) is 6.92 Å². The third-order valence-electron chi connectivity index (χ3n) is 4.12. The molecule has 3 rings (SSSR count). The van der Waals surface area contributed by atoms with Crippen molar-refractivity contribution in [2.24, 2.45) is 0 Å². The van der Waals surface area contributed by atoms with Crippen LogP contribution in [0.3, 0.4) is 0 Å². The summed E-state index contributed by atoms with van der Waals surface area (Å²) in [7, 11) is 0. The van der Waals surface area contributed by atoms with Crippen molar-refractivity contribution in [1.82, 2.24) is 10.3 Å². The number of carbonyl (C=O) groups is 1. The molecule has 0 aliphatic rings. The van der Waals surface area contributed by atoms with Gasteiger partial charge in [-0.15, -0.1) is 11.3 Å². The van der Waals surface area contributed by atoms with Gasteiger partial charge in [0.05, 0.1) is 17.2 Å². The number of hydrogen-bond donors (Lipinski definition) is 1. The molecule has 0 spiro atoms. The van der Waals surface area contributed by atoms with E-state index in [0.717, 1.165) is 27.9 Å². The summed E-state index contributed by atoms with van der Waals surface area (Å²) in [6.45, 7) is 5.71. The van der Waals surface area contributed by atoms with Crippen molar-refractivity contribution >= 4 is 28.2 Å². The fraction of sp³-hybridized carbons (Fsp3) is 0.316. The van der Waals surface area contributed by atoms with E-state index >= 15 is 0 Å². The molecule has 136 valence electrons. The van der Waals surface area contributed by atoms with Gasteiger partial charge >= 0.3 is 5.63 Å². The number of aryl methyl sites for hydroxylation is 2. The number of nitrogens with zero attached hydrogens (tertiary/aromatic N) is 1. The molecule has 1 N–H and O–H groups in total. The number of carbonyl (C=O) groups excluding carboxylic acids is 1. The van der Waals surface area contributed by atoms with Gasteiger partial charge in [0.1, 0.15) is 11.3 Å². The van der Waals surface area contributed by atoms with E-state index in [-0.39, 0.29) is 18.6 Å². The molecule has 7 heteroatoms. The lowest BCUT2D eigenvalue weighted by Gasteiger charge is -2.13. The summed E-state index contributed by atoms with van der Waals surface area (Å²) in [4.78, 5) is 29.1. The minimum atomic E-state index is -0.392. The molecule has 0 bridgehead atoms. The Kier molecular flexibility index (Phi) is 5.37. The maximum absolute atomic E-state index is 12.1. The standard InChI is InChI=1S/C19H20N2O4S/c1-4-13-7-18(23)25-16-8-14(5-6-15(13)16)24-9-17(22)21-11(2)19-12(3)26-10-20-19/h5-8,10-11H,4,9H2,1-3H3,(H,21,22). The quantitative estimate of drug-likeness (QED) is 0.671. The third-order valence-corrected chi connectivity index (χ3v) is 4.90. The summed E-state index contributed by atoms with van der Waals surface area (Å²) in [5, 5.41) is 3.74. The van der Waals surface area contributed by atoms with E-state index in [9.17, 15) is 9.59 Å². The predicted molar refractivity (Wildman–Crippen MR) is 101 cm³/mol. The number of aromatic nitrogens is 1. The van der Waals surface area contributed by atoms with Crippen LogP contribution in [0.15, 0.2) is 39.0 Å². The number of nitrogens with one attached hydrogen (secondary N) is 1. The summed E-state index contributed by atoms with van der Waals surface area (Å²) in [6, 6.07) is 6.56. The lowest BCUT2D eigenvalue weighted by Crippen LogP contribution is -2.31. The van der Waals surface area contributed by atoms with Crippen molar-refractivity contribution < 1.29 is 13.9 Å².